The van der Waals surface area contributed by atoms with Crippen molar-refractivity contribution in [2.45, 2.75) is 0 Å². The van der Waals surface area contributed by atoms with Crippen molar-refractivity contribution in [3.63, 3.8) is 0 Å². The number of nitrogens with two attached hydrogens (primary N) is 1. The number of hydrogen-bond donors (Lipinski definition) is 1. The molecule has 0 saturated carbocycles. The van der Waals surface area contributed by atoms with Crippen LogP contribution in [0.5, 0.6) is 0 Å². The third-order valence-electron chi connectivity index (χ3n) is 1.05. The zero-order chi connectivity index (χ0) is 8.43. The van der Waals surface area contributed by atoms with Gasteiger partial charge in [-0.25, -0.2) is 0 Å². The summed E-state index contributed by atoms with van der Waals surface area (Å²) in [6.45, 7) is 0. The van der Waals surface area contributed by atoms with Gasteiger partial charge in [-0.2, -0.15) is 0 Å². The molecule has 0 aliphatic carbocycles. The van der Waals surface area contributed by atoms with Gasteiger partial charge in [0.1, 0.15) is 0 Å². The molecular weight excluding hydrogens is 186 g/mol. The fourth-order valence-electron chi connectivity index (χ4n) is 0.568. The Balaban J connectivity index is 3.02. The minimum absolute atomic E-state index is 0.208. The van der Waals surface area contributed by atoms with Crippen LogP contribution >= 0.6 is 22.9 Å². The van der Waals surface area contributed by atoms with Gasteiger partial charge in [0.2, 0.25) is 0 Å². The smallest absolute Gasteiger partial charge is 0.290 e. The minimum atomic E-state index is -0.977. The Hall–Kier alpha value is -0.870. The van der Waals surface area contributed by atoms with Crippen molar-refractivity contribution in [3.8, 4) is 0 Å². The molecule has 3 nitrogen and oxygen atoms in total. The van der Waals surface area contributed by atoms with Crippen LogP contribution in [0.1, 0.15) is 9.67 Å². The number of carbonyl (C=O) groups excluding carboxylic acids is 2. The lowest BCUT2D eigenvalue weighted by Gasteiger charge is -1.89. The predicted molar refractivity (Wildman–Crippen MR) is 42.9 cm³/mol. The topological polar surface area (TPSA) is 60.2 Å². The highest BCUT2D eigenvalue weighted by Gasteiger charge is 2.16. The number of amides is 1. The molecule has 0 saturated heterocycles. The largest absolute Gasteiger partial charge is 0.363 e. The predicted octanol–water partition coefficient (Wildman–Crippen LogP) is 1.07. The van der Waals surface area contributed by atoms with E-state index in [1.807, 2.05) is 0 Å². The van der Waals surface area contributed by atoms with Gasteiger partial charge in [0.25, 0.3) is 11.7 Å². The number of Topliss-reactive ketones (excluding diaryl/α,β-unsaturated/α-hetero) is 1. The van der Waals surface area contributed by atoms with Gasteiger partial charge in [-0.3, -0.25) is 9.59 Å². The van der Waals surface area contributed by atoms with Gasteiger partial charge in [0.15, 0.2) is 0 Å². The van der Waals surface area contributed by atoms with E-state index in [9.17, 15) is 9.59 Å². The van der Waals surface area contributed by atoms with E-state index in [2.05, 4.69) is 0 Å². The summed E-state index contributed by atoms with van der Waals surface area (Å²) in [5, 5.41) is 1.90. The summed E-state index contributed by atoms with van der Waals surface area (Å²) >= 11 is 6.66. The molecule has 1 heterocycles. The summed E-state index contributed by atoms with van der Waals surface area (Å²) in [5.74, 6) is -1.71. The van der Waals surface area contributed by atoms with Crippen molar-refractivity contribution in [1.29, 1.82) is 0 Å². The molecule has 5 heteroatoms. The molecule has 1 amide bonds. The summed E-state index contributed by atoms with van der Waals surface area (Å²) in [6, 6.07) is 1.54. The van der Waals surface area contributed by atoms with Crippen LogP contribution in [0.25, 0.3) is 0 Å². The summed E-state index contributed by atoms with van der Waals surface area (Å²) in [6.07, 6.45) is 0. The zero-order valence-electron chi connectivity index (χ0n) is 5.33. The zero-order valence-corrected chi connectivity index (χ0v) is 6.91. The lowest BCUT2D eigenvalue weighted by Crippen LogP contribution is -2.22. The maximum absolute atomic E-state index is 10.9. The molecule has 0 spiro atoms. The summed E-state index contributed by atoms with van der Waals surface area (Å²) in [4.78, 5) is 21.5. The molecule has 2 N–H and O–H groups in total. The van der Waals surface area contributed by atoms with Gasteiger partial charge in [-0.1, -0.05) is 11.6 Å². The Bertz CT molecular complexity index is 307. The number of thiophene rings is 1. The van der Waals surface area contributed by atoms with Gasteiger partial charge < -0.3 is 5.73 Å². The number of rotatable bonds is 2. The first kappa shape index (κ1) is 8.23. The van der Waals surface area contributed by atoms with Gasteiger partial charge in [0.05, 0.1) is 9.90 Å². The second-order valence-corrected chi connectivity index (χ2v) is 3.11. The first-order valence-corrected chi connectivity index (χ1v) is 3.96. The molecule has 0 atom stereocenters. The highest BCUT2D eigenvalue weighted by molar-refractivity contribution is 7.13. The average Bonchev–Trinajstić information content (AvgIpc) is 2.33. The monoisotopic (exact) mass is 189 g/mol. The number of hydrogen-bond acceptors (Lipinski definition) is 3. The van der Waals surface area contributed by atoms with Crippen LogP contribution in [0, 0.1) is 0 Å². The Morgan fingerprint density at radius 2 is 2.18 bits per heavy atom. The van der Waals surface area contributed by atoms with E-state index >= 15 is 0 Å². The molecule has 0 aliphatic rings. The summed E-state index contributed by atoms with van der Waals surface area (Å²) in [5.41, 5.74) is 4.76. The van der Waals surface area contributed by atoms with E-state index in [1.165, 1.54) is 0 Å². The van der Waals surface area contributed by atoms with E-state index in [-0.39, 0.29) is 9.90 Å². The number of halogens is 1. The summed E-state index contributed by atoms with van der Waals surface area (Å²) in [7, 11) is 0. The van der Waals surface area contributed by atoms with Crippen LogP contribution < -0.4 is 5.73 Å². The molecule has 1 aromatic rings. The lowest BCUT2D eigenvalue weighted by molar-refractivity contribution is -0.114. The second-order valence-electron chi connectivity index (χ2n) is 1.79. The fourth-order valence-corrected chi connectivity index (χ4v) is 1.65. The molecule has 0 unspecified atom stereocenters. The van der Waals surface area contributed by atoms with Crippen molar-refractivity contribution < 1.29 is 9.59 Å². The Labute approximate surface area is 71.8 Å². The third kappa shape index (κ3) is 1.58. The van der Waals surface area contributed by atoms with Crippen LogP contribution in [-0.4, -0.2) is 11.7 Å². The molecular formula is C6H4ClNO2S. The van der Waals surface area contributed by atoms with Gasteiger partial charge in [0, 0.05) is 0 Å². The Morgan fingerprint density at radius 3 is 2.55 bits per heavy atom. The normalized spacial score (nSPS) is 9.55. The molecule has 1 rings (SSSR count). The number of primary amides is 1. The lowest BCUT2D eigenvalue weighted by atomic mass is 10.3. The molecule has 0 aromatic carbocycles. The SMILES string of the molecule is NC(=O)C(=O)c1sccc1Cl. The maximum Gasteiger partial charge on any atom is 0.290 e. The average molecular weight is 190 g/mol. The number of ketones is 1. The Morgan fingerprint density at radius 1 is 1.55 bits per heavy atom. The maximum atomic E-state index is 10.9. The second kappa shape index (κ2) is 3.02. The van der Waals surface area contributed by atoms with Crippen molar-refractivity contribution in [3.05, 3.63) is 21.3 Å². The van der Waals surface area contributed by atoms with Gasteiger partial charge in [-0.15, -0.1) is 11.3 Å². The molecule has 0 radical (unpaired) electrons. The van der Waals surface area contributed by atoms with Crippen molar-refractivity contribution >= 4 is 34.6 Å². The molecule has 1 aromatic heterocycles. The van der Waals surface area contributed by atoms with E-state index in [0.717, 1.165) is 11.3 Å². The van der Waals surface area contributed by atoms with E-state index in [4.69, 9.17) is 17.3 Å². The van der Waals surface area contributed by atoms with Gasteiger partial charge >= 0.3 is 0 Å². The highest BCUT2D eigenvalue weighted by atomic mass is 35.5. The number of carbonyl (C=O) groups is 2. The van der Waals surface area contributed by atoms with E-state index in [0.29, 0.717) is 0 Å². The first-order chi connectivity index (χ1) is 5.13. The molecule has 58 valence electrons. The van der Waals surface area contributed by atoms with Crippen molar-refractivity contribution in [2.75, 3.05) is 0 Å². The molecule has 11 heavy (non-hydrogen) atoms. The first-order valence-electron chi connectivity index (χ1n) is 2.70. The van der Waals surface area contributed by atoms with E-state index in [1.54, 1.807) is 11.4 Å². The molecule has 0 aliphatic heterocycles. The Kier molecular flexibility index (Phi) is 2.26. The van der Waals surface area contributed by atoms with Gasteiger partial charge in [-0.05, 0) is 11.4 Å². The van der Waals surface area contributed by atoms with Crippen molar-refractivity contribution in [1.82, 2.24) is 0 Å². The highest BCUT2D eigenvalue weighted by Crippen LogP contribution is 2.21. The van der Waals surface area contributed by atoms with Crippen LogP contribution in [0.3, 0.4) is 0 Å². The van der Waals surface area contributed by atoms with E-state index < -0.39 is 11.7 Å². The molecule has 0 fully saturated rings. The summed E-state index contributed by atoms with van der Waals surface area (Å²) < 4.78 is 0. The fraction of sp³-hybridized carbons (Fsp3) is 0. The van der Waals surface area contributed by atoms with Crippen LogP contribution in [-0.2, 0) is 4.79 Å². The third-order valence-corrected chi connectivity index (χ3v) is 2.39. The van der Waals surface area contributed by atoms with Crippen LogP contribution in [0.2, 0.25) is 5.02 Å². The van der Waals surface area contributed by atoms with Crippen LogP contribution in [0.4, 0.5) is 0 Å². The minimum Gasteiger partial charge on any atom is -0.363 e. The quantitative estimate of drug-likeness (QED) is 0.559. The standard InChI is InChI=1S/C6H4ClNO2S/c7-3-1-2-11-5(3)4(9)6(8)10/h1-2H,(H2,8,10). The van der Waals surface area contributed by atoms with Crippen molar-refractivity contribution in [2.24, 2.45) is 5.73 Å². The molecule has 0 bridgehead atoms. The van der Waals surface area contributed by atoms with Crippen LogP contribution in [0.15, 0.2) is 11.4 Å².